The number of rotatable bonds is 8. The Balaban J connectivity index is 1.81. The van der Waals surface area contributed by atoms with E-state index >= 15 is 0 Å². The van der Waals surface area contributed by atoms with Gasteiger partial charge in [0.2, 0.25) is 0 Å². The molecule has 33 heavy (non-hydrogen) atoms. The number of amides is 2. The highest BCUT2D eigenvalue weighted by atomic mass is 127. The van der Waals surface area contributed by atoms with E-state index in [-0.39, 0.29) is 29.7 Å². The highest BCUT2D eigenvalue weighted by molar-refractivity contribution is 14.1. The third-order valence-corrected chi connectivity index (χ3v) is 6.47. The summed E-state index contributed by atoms with van der Waals surface area (Å²) >= 11 is 8.85. The average Bonchev–Trinajstić information content (AvgIpc) is 3.01. The quantitative estimate of drug-likeness (QED) is 0.230. The Hall–Kier alpha value is -2.31. The maximum absolute atomic E-state index is 13.3. The van der Waals surface area contributed by atoms with Crippen molar-refractivity contribution in [2.75, 3.05) is 20.3 Å². The van der Waals surface area contributed by atoms with Gasteiger partial charge in [0.05, 0.1) is 28.7 Å². The second kappa shape index (κ2) is 11.2. The molecule has 0 spiro atoms. The van der Waals surface area contributed by atoms with Gasteiger partial charge >= 0.3 is 5.97 Å². The molecule has 1 aliphatic rings. The van der Waals surface area contributed by atoms with Crippen LogP contribution in [0.25, 0.3) is 6.08 Å². The van der Waals surface area contributed by atoms with Crippen LogP contribution >= 0.6 is 46.0 Å². The monoisotopic (exact) mass is 605 g/mol. The van der Waals surface area contributed by atoms with Crippen LogP contribution in [0.4, 0.5) is 9.18 Å². The molecule has 174 valence electrons. The standard InChI is InChI=1S/C22H18ClFINO6S/c1-3-31-19(27)11-32-20-16(25)6-12(7-17(20)30-2)8-18-21(28)26(22(29)33-18)10-13-4-5-14(24)9-15(13)23/h4-9H,3,10-11H2,1-2H3/b18-8-. The van der Waals surface area contributed by atoms with E-state index in [4.69, 9.17) is 25.8 Å². The molecule has 1 heterocycles. The Kier molecular flexibility index (Phi) is 8.60. The Morgan fingerprint density at radius 1 is 1.27 bits per heavy atom. The lowest BCUT2D eigenvalue weighted by Gasteiger charge is -2.14. The van der Waals surface area contributed by atoms with Crippen LogP contribution < -0.4 is 9.47 Å². The molecule has 1 aliphatic heterocycles. The zero-order chi connectivity index (χ0) is 24.1. The van der Waals surface area contributed by atoms with Gasteiger partial charge in [0.1, 0.15) is 5.82 Å². The van der Waals surface area contributed by atoms with E-state index in [0.717, 1.165) is 22.7 Å². The van der Waals surface area contributed by atoms with Crippen molar-refractivity contribution in [2.45, 2.75) is 13.5 Å². The number of carbonyl (C=O) groups excluding carboxylic acids is 3. The van der Waals surface area contributed by atoms with Gasteiger partial charge in [0.25, 0.3) is 11.1 Å². The minimum atomic E-state index is -0.505. The van der Waals surface area contributed by atoms with E-state index in [1.807, 2.05) is 22.6 Å². The van der Waals surface area contributed by atoms with Crippen LogP contribution in [0.1, 0.15) is 18.1 Å². The molecule has 2 aromatic rings. The Labute approximate surface area is 212 Å². The number of esters is 1. The lowest BCUT2D eigenvalue weighted by molar-refractivity contribution is -0.145. The molecule has 11 heteroatoms. The smallest absolute Gasteiger partial charge is 0.344 e. The predicted molar refractivity (Wildman–Crippen MR) is 131 cm³/mol. The van der Waals surface area contributed by atoms with Crippen molar-refractivity contribution in [3.05, 3.63) is 60.8 Å². The summed E-state index contributed by atoms with van der Waals surface area (Å²) in [6.45, 7) is 1.61. The van der Waals surface area contributed by atoms with Crippen LogP contribution in [0.15, 0.2) is 35.2 Å². The highest BCUT2D eigenvalue weighted by Crippen LogP contribution is 2.38. The number of methoxy groups -OCH3 is 1. The number of hydrogen-bond donors (Lipinski definition) is 0. The first-order valence-electron chi connectivity index (χ1n) is 9.58. The summed E-state index contributed by atoms with van der Waals surface area (Å²) in [5, 5.41) is -0.321. The topological polar surface area (TPSA) is 82.1 Å². The van der Waals surface area contributed by atoms with Gasteiger partial charge in [-0.1, -0.05) is 17.7 Å². The molecule has 0 unspecified atom stereocenters. The molecule has 3 rings (SSSR count). The summed E-state index contributed by atoms with van der Waals surface area (Å²) < 4.78 is 29.7. The third-order valence-electron chi connectivity index (χ3n) is 4.41. The largest absolute Gasteiger partial charge is 0.493 e. The van der Waals surface area contributed by atoms with Crippen molar-refractivity contribution in [1.29, 1.82) is 0 Å². The third kappa shape index (κ3) is 6.18. The Bertz CT molecular complexity index is 1140. The van der Waals surface area contributed by atoms with Gasteiger partial charge in [-0.15, -0.1) is 0 Å². The first-order valence-corrected chi connectivity index (χ1v) is 11.9. The normalized spacial score (nSPS) is 14.7. The van der Waals surface area contributed by atoms with Crippen molar-refractivity contribution in [2.24, 2.45) is 0 Å². The van der Waals surface area contributed by atoms with Crippen molar-refractivity contribution in [3.8, 4) is 11.5 Å². The van der Waals surface area contributed by atoms with Crippen molar-refractivity contribution in [3.63, 3.8) is 0 Å². The van der Waals surface area contributed by atoms with Crippen LogP contribution in [0.3, 0.4) is 0 Å². The zero-order valence-electron chi connectivity index (χ0n) is 17.5. The molecule has 2 aromatic carbocycles. The number of ether oxygens (including phenoxy) is 3. The van der Waals surface area contributed by atoms with E-state index in [9.17, 15) is 18.8 Å². The zero-order valence-corrected chi connectivity index (χ0v) is 21.3. The fourth-order valence-corrected chi connectivity index (χ4v) is 4.75. The number of thioether (sulfide) groups is 1. The summed E-state index contributed by atoms with van der Waals surface area (Å²) in [6.07, 6.45) is 1.57. The Morgan fingerprint density at radius 3 is 2.70 bits per heavy atom. The molecule has 7 nitrogen and oxygen atoms in total. The second-order valence-electron chi connectivity index (χ2n) is 6.63. The van der Waals surface area contributed by atoms with E-state index in [0.29, 0.717) is 26.2 Å². The number of carbonyl (C=O) groups is 3. The SMILES string of the molecule is CCOC(=O)COc1c(I)cc(/C=C2\SC(=O)N(Cc3ccc(F)cc3Cl)C2=O)cc1OC. The molecule has 0 atom stereocenters. The van der Waals surface area contributed by atoms with Crippen LogP contribution in [-0.2, 0) is 20.9 Å². The van der Waals surface area contributed by atoms with Crippen LogP contribution in [0.5, 0.6) is 11.5 Å². The molecule has 0 saturated carbocycles. The van der Waals surface area contributed by atoms with E-state index in [2.05, 4.69) is 0 Å². The number of hydrogen-bond acceptors (Lipinski definition) is 7. The molecule has 0 N–H and O–H groups in total. The van der Waals surface area contributed by atoms with Crippen LogP contribution in [0, 0.1) is 9.39 Å². The number of halogens is 3. The molecule has 0 aromatic heterocycles. The van der Waals surface area contributed by atoms with Gasteiger partial charge in [0.15, 0.2) is 18.1 Å². The van der Waals surface area contributed by atoms with Gasteiger partial charge in [-0.25, -0.2) is 9.18 Å². The van der Waals surface area contributed by atoms with Crippen LogP contribution in [0.2, 0.25) is 5.02 Å². The number of imide groups is 1. The molecule has 1 saturated heterocycles. The van der Waals surface area contributed by atoms with E-state index in [1.165, 1.54) is 19.2 Å². The second-order valence-corrected chi connectivity index (χ2v) is 9.19. The first kappa shape index (κ1) is 25.3. The van der Waals surface area contributed by atoms with Gasteiger partial charge in [-0.3, -0.25) is 14.5 Å². The molecule has 1 fully saturated rings. The van der Waals surface area contributed by atoms with Gasteiger partial charge in [-0.2, -0.15) is 0 Å². The molecule has 0 radical (unpaired) electrons. The van der Waals surface area contributed by atoms with E-state index in [1.54, 1.807) is 25.1 Å². The van der Waals surface area contributed by atoms with Crippen molar-refractivity contribution < 1.29 is 33.0 Å². The first-order chi connectivity index (χ1) is 15.7. The van der Waals surface area contributed by atoms with Crippen molar-refractivity contribution >= 4 is 69.1 Å². The van der Waals surface area contributed by atoms with Gasteiger partial charge < -0.3 is 14.2 Å². The minimum Gasteiger partial charge on any atom is -0.493 e. The van der Waals surface area contributed by atoms with Crippen molar-refractivity contribution in [1.82, 2.24) is 4.90 Å². The summed E-state index contributed by atoms with van der Waals surface area (Å²) in [5.74, 6) is -0.774. The number of benzene rings is 2. The maximum Gasteiger partial charge on any atom is 0.344 e. The molecule has 0 aliphatic carbocycles. The average molecular weight is 606 g/mol. The fraction of sp³-hybridized carbons (Fsp3) is 0.227. The lowest BCUT2D eigenvalue weighted by atomic mass is 10.1. The minimum absolute atomic E-state index is 0.0669. The summed E-state index contributed by atoms with van der Waals surface area (Å²) in [4.78, 5) is 38.1. The summed E-state index contributed by atoms with van der Waals surface area (Å²) in [6, 6.07) is 7.15. The maximum atomic E-state index is 13.3. The van der Waals surface area contributed by atoms with E-state index < -0.39 is 22.9 Å². The van der Waals surface area contributed by atoms with Gasteiger partial charge in [0, 0.05) is 5.02 Å². The molecule has 0 bridgehead atoms. The molecular formula is C22H18ClFINO6S. The lowest BCUT2D eigenvalue weighted by Crippen LogP contribution is -2.27. The highest BCUT2D eigenvalue weighted by Gasteiger charge is 2.35. The fourth-order valence-electron chi connectivity index (χ4n) is 2.90. The number of nitrogens with zero attached hydrogens (tertiary/aromatic N) is 1. The summed E-state index contributed by atoms with van der Waals surface area (Å²) in [7, 11) is 1.45. The molecular weight excluding hydrogens is 588 g/mol. The predicted octanol–water partition coefficient (Wildman–Crippen LogP) is 5.27. The Morgan fingerprint density at radius 2 is 2.03 bits per heavy atom. The molecule has 2 amide bonds. The van der Waals surface area contributed by atoms with Crippen LogP contribution in [-0.4, -0.2) is 42.3 Å². The van der Waals surface area contributed by atoms with Gasteiger partial charge in [-0.05, 0) is 82.7 Å². The summed E-state index contributed by atoms with van der Waals surface area (Å²) in [5.41, 5.74) is 1.06.